The van der Waals surface area contributed by atoms with Crippen molar-refractivity contribution in [2.45, 2.75) is 38.6 Å². The highest BCUT2D eigenvalue weighted by Gasteiger charge is 2.35. The number of nitrogens with zero attached hydrogens (tertiary/aromatic N) is 2. The van der Waals surface area contributed by atoms with Crippen LogP contribution in [-0.4, -0.2) is 52.4 Å². The Labute approximate surface area is 107 Å². The van der Waals surface area contributed by atoms with Crippen LogP contribution in [0.4, 0.5) is 0 Å². The van der Waals surface area contributed by atoms with Crippen LogP contribution in [0.3, 0.4) is 0 Å². The van der Waals surface area contributed by atoms with Crippen molar-refractivity contribution >= 4 is 23.6 Å². The van der Waals surface area contributed by atoms with Crippen LogP contribution in [0.1, 0.15) is 32.6 Å². The van der Waals surface area contributed by atoms with Crippen LogP contribution in [-0.2, 0) is 9.59 Å². The molecule has 5 heteroatoms. The summed E-state index contributed by atoms with van der Waals surface area (Å²) in [7, 11) is 0. The van der Waals surface area contributed by atoms with Crippen LogP contribution in [0.5, 0.6) is 0 Å². The molecule has 2 rings (SSSR count). The Bertz CT molecular complexity index is 301. The summed E-state index contributed by atoms with van der Waals surface area (Å²) < 4.78 is 0. The molecular weight excluding hydrogens is 236 g/mol. The van der Waals surface area contributed by atoms with Crippen LogP contribution in [0, 0.1) is 0 Å². The first kappa shape index (κ1) is 12.7. The monoisotopic (exact) mass is 256 g/mol. The Kier molecular flexibility index (Phi) is 4.31. The maximum absolute atomic E-state index is 12.4. The average molecular weight is 256 g/mol. The van der Waals surface area contributed by atoms with E-state index in [9.17, 15) is 9.59 Å². The highest BCUT2D eigenvalue weighted by atomic mass is 32.2. The van der Waals surface area contributed by atoms with Crippen molar-refractivity contribution in [3.63, 3.8) is 0 Å². The fourth-order valence-electron chi connectivity index (χ4n) is 2.46. The summed E-state index contributed by atoms with van der Waals surface area (Å²) in [4.78, 5) is 27.5. The molecule has 2 saturated heterocycles. The van der Waals surface area contributed by atoms with Gasteiger partial charge >= 0.3 is 0 Å². The van der Waals surface area contributed by atoms with Crippen molar-refractivity contribution < 1.29 is 9.59 Å². The molecule has 0 aliphatic carbocycles. The van der Waals surface area contributed by atoms with Gasteiger partial charge in [0.15, 0.2) is 0 Å². The molecule has 2 fully saturated rings. The molecule has 0 aromatic heterocycles. The van der Waals surface area contributed by atoms with Crippen LogP contribution in [0.15, 0.2) is 0 Å². The maximum atomic E-state index is 12.4. The lowest BCUT2D eigenvalue weighted by atomic mass is 10.2. The van der Waals surface area contributed by atoms with Crippen LogP contribution >= 0.6 is 11.8 Å². The van der Waals surface area contributed by atoms with Gasteiger partial charge in [-0.1, -0.05) is 12.8 Å². The molecule has 96 valence electrons. The van der Waals surface area contributed by atoms with Gasteiger partial charge in [0, 0.05) is 25.8 Å². The fraction of sp³-hybridized carbons (Fsp3) is 0.833. The number of amides is 2. The summed E-state index contributed by atoms with van der Waals surface area (Å²) in [6.45, 7) is 3.28. The van der Waals surface area contributed by atoms with Gasteiger partial charge in [0.1, 0.15) is 6.04 Å². The van der Waals surface area contributed by atoms with E-state index in [-0.39, 0.29) is 17.9 Å². The van der Waals surface area contributed by atoms with Crippen molar-refractivity contribution in [2.75, 3.05) is 24.7 Å². The SMILES string of the molecule is CC(=O)N1CSC[C@H]1C(=O)N1CCCCCC1. The topological polar surface area (TPSA) is 40.6 Å². The summed E-state index contributed by atoms with van der Waals surface area (Å²) in [5.74, 6) is 1.60. The molecule has 0 radical (unpaired) electrons. The van der Waals surface area contributed by atoms with Gasteiger partial charge in [-0.3, -0.25) is 9.59 Å². The Morgan fingerprint density at radius 1 is 1.12 bits per heavy atom. The number of thioether (sulfide) groups is 1. The molecule has 0 aromatic rings. The minimum absolute atomic E-state index is 0.0168. The van der Waals surface area contributed by atoms with Crippen molar-refractivity contribution in [3.05, 3.63) is 0 Å². The molecule has 0 spiro atoms. The van der Waals surface area contributed by atoms with E-state index >= 15 is 0 Å². The lowest BCUT2D eigenvalue weighted by molar-refractivity contribution is -0.142. The lowest BCUT2D eigenvalue weighted by Crippen LogP contribution is -2.48. The standard InChI is InChI=1S/C12H20N2O2S/c1-10(15)14-9-17-8-11(14)12(16)13-6-4-2-3-5-7-13/h11H,2-9H2,1H3/t11-/m0/s1. The van der Waals surface area contributed by atoms with Crippen molar-refractivity contribution in [1.29, 1.82) is 0 Å². The summed E-state index contributed by atoms with van der Waals surface area (Å²) in [6, 6.07) is -0.212. The first-order valence-electron chi connectivity index (χ1n) is 6.34. The quantitative estimate of drug-likeness (QED) is 0.710. The zero-order chi connectivity index (χ0) is 12.3. The van der Waals surface area contributed by atoms with Crippen LogP contribution in [0.2, 0.25) is 0 Å². The third-order valence-electron chi connectivity index (χ3n) is 3.49. The molecule has 2 aliphatic heterocycles. The molecule has 0 aromatic carbocycles. The van der Waals surface area contributed by atoms with E-state index < -0.39 is 0 Å². The largest absolute Gasteiger partial charge is 0.341 e. The average Bonchev–Trinajstić information content (AvgIpc) is 2.64. The van der Waals surface area contributed by atoms with Crippen LogP contribution < -0.4 is 0 Å². The second-order valence-electron chi connectivity index (χ2n) is 4.74. The van der Waals surface area contributed by atoms with Gasteiger partial charge in [-0.2, -0.15) is 0 Å². The highest BCUT2D eigenvalue weighted by molar-refractivity contribution is 7.99. The van der Waals surface area contributed by atoms with E-state index in [0.29, 0.717) is 5.88 Å². The smallest absolute Gasteiger partial charge is 0.246 e. The summed E-state index contributed by atoms with van der Waals surface area (Å²) in [6.07, 6.45) is 4.65. The van der Waals surface area contributed by atoms with E-state index in [1.165, 1.54) is 12.8 Å². The molecule has 4 nitrogen and oxygen atoms in total. The summed E-state index contributed by atoms with van der Waals surface area (Å²) in [5, 5.41) is 0. The minimum Gasteiger partial charge on any atom is -0.341 e. The molecule has 0 bridgehead atoms. The van der Waals surface area contributed by atoms with Gasteiger partial charge in [-0.05, 0) is 12.8 Å². The van der Waals surface area contributed by atoms with E-state index in [1.54, 1.807) is 23.6 Å². The molecule has 0 unspecified atom stereocenters. The van der Waals surface area contributed by atoms with E-state index in [0.717, 1.165) is 31.7 Å². The van der Waals surface area contributed by atoms with E-state index in [1.807, 2.05) is 4.90 Å². The van der Waals surface area contributed by atoms with Crippen molar-refractivity contribution in [2.24, 2.45) is 0 Å². The Morgan fingerprint density at radius 3 is 2.35 bits per heavy atom. The first-order chi connectivity index (χ1) is 8.20. The number of likely N-dealkylation sites (tertiary alicyclic amines) is 1. The Balaban J connectivity index is 2.00. The van der Waals surface area contributed by atoms with Gasteiger partial charge in [-0.25, -0.2) is 0 Å². The molecule has 17 heavy (non-hydrogen) atoms. The molecule has 2 aliphatic rings. The van der Waals surface area contributed by atoms with Gasteiger partial charge < -0.3 is 9.80 Å². The van der Waals surface area contributed by atoms with Gasteiger partial charge in [0.2, 0.25) is 11.8 Å². The third-order valence-corrected chi connectivity index (χ3v) is 4.50. The number of carbonyl (C=O) groups excluding carboxylic acids is 2. The number of hydrogen-bond acceptors (Lipinski definition) is 3. The second-order valence-corrected chi connectivity index (χ2v) is 5.74. The van der Waals surface area contributed by atoms with Crippen molar-refractivity contribution in [1.82, 2.24) is 9.80 Å². The molecule has 1 atom stereocenters. The predicted octanol–water partition coefficient (Wildman–Crippen LogP) is 1.31. The molecule has 2 heterocycles. The highest BCUT2D eigenvalue weighted by Crippen LogP contribution is 2.23. The van der Waals surface area contributed by atoms with Gasteiger partial charge in [0.05, 0.1) is 5.88 Å². The van der Waals surface area contributed by atoms with Crippen LogP contribution in [0.25, 0.3) is 0 Å². The fourth-order valence-corrected chi connectivity index (χ4v) is 3.67. The molecule has 0 N–H and O–H groups in total. The zero-order valence-corrected chi connectivity index (χ0v) is 11.2. The lowest BCUT2D eigenvalue weighted by Gasteiger charge is -2.28. The third kappa shape index (κ3) is 2.94. The summed E-state index contributed by atoms with van der Waals surface area (Å²) >= 11 is 1.67. The Morgan fingerprint density at radius 2 is 1.76 bits per heavy atom. The zero-order valence-electron chi connectivity index (χ0n) is 10.4. The second kappa shape index (κ2) is 5.76. The molecule has 2 amide bonds. The van der Waals surface area contributed by atoms with Gasteiger partial charge in [-0.15, -0.1) is 11.8 Å². The first-order valence-corrected chi connectivity index (χ1v) is 7.49. The predicted molar refractivity (Wildman–Crippen MR) is 68.7 cm³/mol. The summed E-state index contributed by atoms with van der Waals surface area (Å²) in [5.41, 5.74) is 0. The van der Waals surface area contributed by atoms with E-state index in [2.05, 4.69) is 0 Å². The minimum atomic E-state index is -0.212. The van der Waals surface area contributed by atoms with E-state index in [4.69, 9.17) is 0 Å². The Hall–Kier alpha value is -0.710. The maximum Gasteiger partial charge on any atom is 0.246 e. The number of rotatable bonds is 1. The van der Waals surface area contributed by atoms with Crippen molar-refractivity contribution in [3.8, 4) is 0 Å². The number of hydrogen-bond donors (Lipinski definition) is 0. The molecule has 0 saturated carbocycles. The normalized spacial score (nSPS) is 25.8. The van der Waals surface area contributed by atoms with Gasteiger partial charge in [0.25, 0.3) is 0 Å². The molecular formula is C12H20N2O2S. The number of carbonyl (C=O) groups is 2.